The Labute approximate surface area is 144 Å². The van der Waals surface area contributed by atoms with Gasteiger partial charge in [-0.1, -0.05) is 0 Å². The summed E-state index contributed by atoms with van der Waals surface area (Å²) < 4.78 is 0. The van der Waals surface area contributed by atoms with E-state index in [1.54, 1.807) is 24.3 Å². The van der Waals surface area contributed by atoms with Crippen LogP contribution < -0.4 is 10.6 Å². The molecule has 0 bridgehead atoms. The number of carboxylic acids is 1. The van der Waals surface area contributed by atoms with Gasteiger partial charge in [0, 0.05) is 22.9 Å². The average Bonchev–Trinajstić information content (AvgIpc) is 2.52. The van der Waals surface area contributed by atoms with E-state index in [0.29, 0.717) is 11.3 Å². The third-order valence-corrected chi connectivity index (χ3v) is 3.30. The zero-order valence-corrected chi connectivity index (χ0v) is 14.1. The van der Waals surface area contributed by atoms with Crippen LogP contribution in [0.1, 0.15) is 31.1 Å². The first-order valence-electron chi connectivity index (χ1n) is 7.44. The average molecular weight is 348 g/mol. The molecule has 0 radical (unpaired) electrons. The normalized spacial score (nSPS) is 13.5. The number of nitrogens with one attached hydrogen (secondary N) is 2. The third-order valence-electron chi connectivity index (χ3n) is 3.30. The third kappa shape index (κ3) is 6.19. The van der Waals surface area contributed by atoms with Gasteiger partial charge in [-0.25, -0.2) is 4.79 Å². The number of aliphatic carboxylic acids is 1. The highest BCUT2D eigenvalue weighted by atomic mass is 16.4. The summed E-state index contributed by atoms with van der Waals surface area (Å²) >= 11 is 0. The summed E-state index contributed by atoms with van der Waals surface area (Å²) in [5.74, 6) is -2.86. The highest BCUT2D eigenvalue weighted by molar-refractivity contribution is 6.07. The summed E-state index contributed by atoms with van der Waals surface area (Å²) in [4.78, 5) is 45.9. The zero-order chi connectivity index (χ0) is 19.1. The van der Waals surface area contributed by atoms with Crippen molar-refractivity contribution in [1.29, 1.82) is 0 Å². The molecule has 2 amide bonds. The van der Waals surface area contributed by atoms with Gasteiger partial charge in [0.2, 0.25) is 5.91 Å². The zero-order valence-electron chi connectivity index (χ0n) is 14.1. The fourth-order valence-electron chi connectivity index (χ4n) is 1.86. The number of carboxylic acid groups (broad SMARTS) is 1. The van der Waals surface area contributed by atoms with Gasteiger partial charge in [-0.2, -0.15) is 0 Å². The maximum absolute atomic E-state index is 12.0. The number of hydrogen-bond donors (Lipinski definition) is 4. The Kier molecular flexibility index (Phi) is 7.01. The standard InChI is InChI=1S/C17H20N2O6/c1-9(8-14(22)19-15(11(3)21)17(24)25)16(23)18-13-6-4-12(5-7-13)10(2)20/h4-8,11,15,21H,1-3H3,(H,18,23)(H,19,22)(H,24,25)/b9-8-. The van der Waals surface area contributed by atoms with E-state index >= 15 is 0 Å². The fraction of sp³-hybridized carbons (Fsp3) is 0.294. The van der Waals surface area contributed by atoms with Crippen LogP contribution in [0.15, 0.2) is 35.9 Å². The minimum absolute atomic E-state index is 0.0443. The number of Topliss-reactive ketones (excluding diaryl/α,β-unsaturated/α-hetero) is 1. The summed E-state index contributed by atoms with van der Waals surface area (Å²) in [6.45, 7) is 4.04. The van der Waals surface area contributed by atoms with E-state index in [0.717, 1.165) is 6.08 Å². The van der Waals surface area contributed by atoms with Gasteiger partial charge in [0.05, 0.1) is 6.10 Å². The van der Waals surface area contributed by atoms with Crippen molar-refractivity contribution in [1.82, 2.24) is 5.32 Å². The molecule has 1 aromatic carbocycles. The molecule has 8 heteroatoms. The van der Waals surface area contributed by atoms with Crippen LogP contribution in [0.5, 0.6) is 0 Å². The lowest BCUT2D eigenvalue weighted by atomic mass is 10.1. The number of carbonyl (C=O) groups excluding carboxylic acids is 3. The van der Waals surface area contributed by atoms with Crippen LogP contribution in [-0.2, 0) is 14.4 Å². The van der Waals surface area contributed by atoms with Gasteiger partial charge in [-0.15, -0.1) is 0 Å². The Morgan fingerprint density at radius 2 is 1.64 bits per heavy atom. The van der Waals surface area contributed by atoms with Crippen molar-refractivity contribution in [3.05, 3.63) is 41.5 Å². The second-order valence-electron chi connectivity index (χ2n) is 5.48. The first-order chi connectivity index (χ1) is 11.6. The van der Waals surface area contributed by atoms with Crippen molar-refractivity contribution in [3.8, 4) is 0 Å². The van der Waals surface area contributed by atoms with E-state index in [2.05, 4.69) is 10.6 Å². The van der Waals surface area contributed by atoms with Gasteiger partial charge in [0.15, 0.2) is 11.8 Å². The number of ketones is 1. The molecule has 25 heavy (non-hydrogen) atoms. The minimum Gasteiger partial charge on any atom is -0.480 e. The van der Waals surface area contributed by atoms with Gasteiger partial charge in [-0.3, -0.25) is 14.4 Å². The van der Waals surface area contributed by atoms with Crippen molar-refractivity contribution < 1.29 is 29.4 Å². The highest BCUT2D eigenvalue weighted by Crippen LogP contribution is 2.11. The molecular formula is C17H20N2O6. The molecule has 0 aliphatic rings. The molecule has 0 saturated heterocycles. The largest absolute Gasteiger partial charge is 0.480 e. The molecule has 0 spiro atoms. The lowest BCUT2D eigenvalue weighted by Gasteiger charge is -2.16. The molecule has 4 N–H and O–H groups in total. The lowest BCUT2D eigenvalue weighted by Crippen LogP contribution is -2.47. The maximum atomic E-state index is 12.0. The fourth-order valence-corrected chi connectivity index (χ4v) is 1.86. The SMILES string of the molecule is CC(=O)c1ccc(NC(=O)/C(C)=C\C(=O)NC(C(=O)O)C(C)O)cc1. The van der Waals surface area contributed by atoms with Crippen molar-refractivity contribution in [2.24, 2.45) is 0 Å². The topological polar surface area (TPSA) is 133 Å². The van der Waals surface area contributed by atoms with Crippen molar-refractivity contribution in [3.63, 3.8) is 0 Å². The number of carbonyl (C=O) groups is 4. The van der Waals surface area contributed by atoms with Crippen molar-refractivity contribution in [2.45, 2.75) is 32.9 Å². The molecule has 0 fully saturated rings. The van der Waals surface area contributed by atoms with Gasteiger partial charge in [0.1, 0.15) is 0 Å². The number of aliphatic hydroxyl groups excluding tert-OH is 1. The minimum atomic E-state index is -1.47. The second-order valence-corrected chi connectivity index (χ2v) is 5.48. The Morgan fingerprint density at radius 3 is 2.08 bits per heavy atom. The Hall–Kier alpha value is -3.00. The first-order valence-corrected chi connectivity index (χ1v) is 7.44. The summed E-state index contributed by atoms with van der Waals surface area (Å²) in [6, 6.07) is 4.75. The van der Waals surface area contributed by atoms with Crippen LogP contribution in [0.4, 0.5) is 5.69 Å². The molecule has 8 nitrogen and oxygen atoms in total. The molecule has 134 valence electrons. The summed E-state index contributed by atoms with van der Waals surface area (Å²) in [7, 11) is 0. The van der Waals surface area contributed by atoms with Gasteiger partial charge in [0.25, 0.3) is 5.91 Å². The lowest BCUT2D eigenvalue weighted by molar-refractivity contribution is -0.144. The molecule has 2 unspecified atom stereocenters. The smallest absolute Gasteiger partial charge is 0.328 e. The van der Waals surface area contributed by atoms with Crippen molar-refractivity contribution in [2.75, 3.05) is 5.32 Å². The molecule has 0 saturated carbocycles. The number of anilines is 1. The number of amides is 2. The quantitative estimate of drug-likeness (QED) is 0.424. The van der Waals surface area contributed by atoms with E-state index in [4.69, 9.17) is 5.11 Å². The molecule has 0 heterocycles. The number of hydrogen-bond acceptors (Lipinski definition) is 5. The molecule has 1 rings (SSSR count). The highest BCUT2D eigenvalue weighted by Gasteiger charge is 2.24. The van der Waals surface area contributed by atoms with E-state index in [9.17, 15) is 24.3 Å². The Morgan fingerprint density at radius 1 is 1.08 bits per heavy atom. The molecule has 0 aliphatic heterocycles. The van der Waals surface area contributed by atoms with Crippen LogP contribution >= 0.6 is 0 Å². The van der Waals surface area contributed by atoms with E-state index < -0.39 is 29.9 Å². The molecule has 0 aromatic heterocycles. The van der Waals surface area contributed by atoms with Crippen LogP contribution in [0.25, 0.3) is 0 Å². The monoisotopic (exact) mass is 348 g/mol. The van der Waals surface area contributed by atoms with Gasteiger partial charge < -0.3 is 20.8 Å². The van der Waals surface area contributed by atoms with Gasteiger partial charge in [-0.05, 0) is 45.0 Å². The predicted molar refractivity (Wildman–Crippen MR) is 90.1 cm³/mol. The maximum Gasteiger partial charge on any atom is 0.328 e. The summed E-state index contributed by atoms with van der Waals surface area (Å²) in [6.07, 6.45) is -0.346. The molecule has 0 aliphatic carbocycles. The first kappa shape index (κ1) is 20.0. The van der Waals surface area contributed by atoms with Crippen LogP contribution in [0.2, 0.25) is 0 Å². The van der Waals surface area contributed by atoms with Crippen LogP contribution in [0, 0.1) is 0 Å². The Balaban J connectivity index is 2.74. The van der Waals surface area contributed by atoms with E-state index in [1.807, 2.05) is 0 Å². The molecule has 2 atom stereocenters. The molecule has 1 aromatic rings. The number of rotatable bonds is 7. The van der Waals surface area contributed by atoms with E-state index in [1.165, 1.54) is 20.8 Å². The number of benzene rings is 1. The summed E-state index contributed by atoms with van der Waals surface area (Å²) in [5.41, 5.74) is 0.987. The van der Waals surface area contributed by atoms with Crippen LogP contribution in [-0.4, -0.2) is 45.9 Å². The van der Waals surface area contributed by atoms with Crippen LogP contribution in [0.3, 0.4) is 0 Å². The molecular weight excluding hydrogens is 328 g/mol. The van der Waals surface area contributed by atoms with Gasteiger partial charge >= 0.3 is 5.97 Å². The predicted octanol–water partition coefficient (Wildman–Crippen LogP) is 0.724. The Bertz CT molecular complexity index is 706. The second kappa shape index (κ2) is 8.74. The number of aliphatic hydroxyl groups is 1. The summed E-state index contributed by atoms with van der Waals surface area (Å²) in [5, 5.41) is 22.9. The van der Waals surface area contributed by atoms with E-state index in [-0.39, 0.29) is 11.4 Å². The van der Waals surface area contributed by atoms with Crippen molar-refractivity contribution >= 4 is 29.3 Å².